The summed E-state index contributed by atoms with van der Waals surface area (Å²) < 4.78 is 17.1. The third kappa shape index (κ3) is 3.67. The van der Waals surface area contributed by atoms with Gasteiger partial charge in [0.05, 0.1) is 11.7 Å². The Kier molecular flexibility index (Phi) is 5.60. The number of nitrogens with one attached hydrogen (secondary N) is 1. The van der Waals surface area contributed by atoms with E-state index in [0.29, 0.717) is 25.9 Å². The Morgan fingerprint density at radius 3 is 2.06 bits per heavy atom. The number of hydrogen-bond donors (Lipinski definition) is 1. The minimum absolute atomic E-state index is 0.555. The van der Waals surface area contributed by atoms with Gasteiger partial charge in [0.25, 0.3) is 0 Å². The summed E-state index contributed by atoms with van der Waals surface area (Å²) in [5, 5.41) is 10.3. The van der Waals surface area contributed by atoms with Gasteiger partial charge in [0, 0.05) is 26.0 Å². The molecule has 0 saturated carbocycles. The summed E-state index contributed by atoms with van der Waals surface area (Å²) in [5.41, 5.74) is 0.807. The molecule has 1 aromatic rings. The molecule has 1 N–H and O–H groups in total. The van der Waals surface area contributed by atoms with Crippen LogP contribution in [-0.2, 0) is 19.3 Å². The fraction of sp³-hybridized carbons (Fsp3) is 0.778. The van der Waals surface area contributed by atoms with Crippen molar-refractivity contribution in [2.45, 2.75) is 26.8 Å². The molecule has 7 heteroatoms. The van der Waals surface area contributed by atoms with Gasteiger partial charge in [0.1, 0.15) is 0 Å². The summed E-state index contributed by atoms with van der Waals surface area (Å²) in [6.45, 7) is 7.52. The van der Waals surface area contributed by atoms with E-state index in [1.165, 1.54) is 0 Å². The molecule has 0 fully saturated rings. The molecule has 0 atom stereocenters. The van der Waals surface area contributed by atoms with E-state index >= 15 is 0 Å². The number of H-pyrrole nitrogens is 1. The molecule has 0 spiro atoms. The smallest absolute Gasteiger partial charge is 0.374 e. The summed E-state index contributed by atoms with van der Waals surface area (Å²) >= 11 is 0. The van der Waals surface area contributed by atoms with E-state index in [1.54, 1.807) is 6.20 Å². The van der Waals surface area contributed by atoms with Gasteiger partial charge in [0.15, 0.2) is 0 Å². The highest BCUT2D eigenvalue weighted by Crippen LogP contribution is 2.15. The van der Waals surface area contributed by atoms with Crippen LogP contribution in [0.4, 0.5) is 0 Å². The van der Waals surface area contributed by atoms with Gasteiger partial charge >= 0.3 is 8.80 Å². The zero-order chi connectivity index (χ0) is 11.9. The van der Waals surface area contributed by atoms with E-state index in [-0.39, 0.29) is 0 Å². The SMILES string of the molecule is CCO[Si](Cc1c[nH]nn1)(OCC)OCC. The second-order valence-corrected chi connectivity index (χ2v) is 5.71. The zero-order valence-corrected chi connectivity index (χ0v) is 11.0. The van der Waals surface area contributed by atoms with Crippen LogP contribution in [0.1, 0.15) is 26.5 Å². The van der Waals surface area contributed by atoms with Crippen LogP contribution in [0.15, 0.2) is 6.20 Å². The maximum Gasteiger partial charge on any atom is 0.507 e. The van der Waals surface area contributed by atoms with Crippen LogP contribution in [0.3, 0.4) is 0 Å². The molecule has 1 aromatic heterocycles. The van der Waals surface area contributed by atoms with Crippen LogP contribution in [0.25, 0.3) is 0 Å². The van der Waals surface area contributed by atoms with Crippen molar-refractivity contribution < 1.29 is 13.3 Å². The third-order valence-electron chi connectivity index (χ3n) is 1.96. The Morgan fingerprint density at radius 1 is 1.12 bits per heavy atom. The standard InChI is InChI=1S/C9H19N3O3Si/c1-4-13-16(14-5-2,15-6-3)8-9-7-10-12-11-9/h7H,4-6,8H2,1-3H3,(H,10,11,12). The quantitative estimate of drug-likeness (QED) is 0.690. The molecule has 0 aliphatic rings. The van der Waals surface area contributed by atoms with Gasteiger partial charge in [-0.25, -0.2) is 0 Å². The third-order valence-corrected chi connectivity index (χ3v) is 4.94. The molecule has 16 heavy (non-hydrogen) atoms. The van der Waals surface area contributed by atoms with E-state index in [4.69, 9.17) is 13.3 Å². The number of aromatic amines is 1. The molecule has 6 nitrogen and oxygen atoms in total. The van der Waals surface area contributed by atoms with Crippen LogP contribution >= 0.6 is 0 Å². The Morgan fingerprint density at radius 2 is 1.69 bits per heavy atom. The number of aromatic nitrogens is 3. The molecule has 0 radical (unpaired) electrons. The Bertz CT molecular complexity index is 265. The lowest BCUT2D eigenvalue weighted by molar-refractivity contribution is 0.0701. The van der Waals surface area contributed by atoms with Crippen molar-refractivity contribution in [1.29, 1.82) is 0 Å². The predicted molar refractivity (Wildman–Crippen MR) is 60.7 cm³/mol. The Balaban J connectivity index is 2.73. The average Bonchev–Trinajstić information content (AvgIpc) is 2.71. The summed E-state index contributed by atoms with van der Waals surface area (Å²) in [7, 11) is -2.62. The van der Waals surface area contributed by atoms with Crippen molar-refractivity contribution >= 4 is 8.80 Å². The van der Waals surface area contributed by atoms with Gasteiger partial charge in [0.2, 0.25) is 0 Å². The topological polar surface area (TPSA) is 69.3 Å². The molecule has 0 aliphatic heterocycles. The molecule has 0 amide bonds. The minimum Gasteiger partial charge on any atom is -0.374 e. The first-order valence-corrected chi connectivity index (χ1v) is 7.46. The van der Waals surface area contributed by atoms with Crippen molar-refractivity contribution in [2.75, 3.05) is 19.8 Å². The van der Waals surface area contributed by atoms with E-state index in [1.807, 2.05) is 20.8 Å². The van der Waals surface area contributed by atoms with Crippen LogP contribution in [0.2, 0.25) is 0 Å². The minimum atomic E-state index is -2.62. The normalized spacial score (nSPS) is 11.9. The number of hydrogen-bond acceptors (Lipinski definition) is 5. The maximum absolute atomic E-state index is 5.70. The van der Waals surface area contributed by atoms with E-state index < -0.39 is 8.80 Å². The zero-order valence-electron chi connectivity index (χ0n) is 10.0. The lowest BCUT2D eigenvalue weighted by Crippen LogP contribution is -2.48. The monoisotopic (exact) mass is 245 g/mol. The molecule has 1 heterocycles. The second-order valence-electron chi connectivity index (χ2n) is 3.12. The number of rotatable bonds is 8. The van der Waals surface area contributed by atoms with Crippen LogP contribution in [0.5, 0.6) is 0 Å². The lowest BCUT2D eigenvalue weighted by Gasteiger charge is -2.27. The van der Waals surface area contributed by atoms with E-state index in [0.717, 1.165) is 5.69 Å². The van der Waals surface area contributed by atoms with Gasteiger partial charge in [-0.3, -0.25) is 5.10 Å². The van der Waals surface area contributed by atoms with Crippen molar-refractivity contribution in [3.8, 4) is 0 Å². The fourth-order valence-corrected chi connectivity index (χ4v) is 3.96. The Labute approximate surface area is 96.7 Å². The highest BCUT2D eigenvalue weighted by molar-refractivity contribution is 6.60. The second kappa shape index (κ2) is 6.74. The summed E-state index contributed by atoms with van der Waals surface area (Å²) in [6.07, 6.45) is 1.73. The molecule has 92 valence electrons. The van der Waals surface area contributed by atoms with Gasteiger partial charge in [-0.05, 0) is 20.8 Å². The number of nitrogens with zero attached hydrogens (tertiary/aromatic N) is 2. The maximum atomic E-state index is 5.70. The van der Waals surface area contributed by atoms with Crippen molar-refractivity contribution in [1.82, 2.24) is 15.4 Å². The highest BCUT2D eigenvalue weighted by atomic mass is 28.4. The molecular weight excluding hydrogens is 226 g/mol. The summed E-state index contributed by atoms with van der Waals surface area (Å²) in [4.78, 5) is 0. The molecule has 1 rings (SSSR count). The van der Waals surface area contributed by atoms with Crippen molar-refractivity contribution in [3.63, 3.8) is 0 Å². The fourth-order valence-electron chi connectivity index (χ4n) is 1.47. The van der Waals surface area contributed by atoms with Crippen LogP contribution < -0.4 is 0 Å². The molecular formula is C9H19N3O3Si. The first-order valence-electron chi connectivity index (χ1n) is 5.53. The summed E-state index contributed by atoms with van der Waals surface area (Å²) in [6, 6.07) is 0.555. The lowest BCUT2D eigenvalue weighted by atomic mass is 10.6. The molecule has 0 aliphatic carbocycles. The van der Waals surface area contributed by atoms with Gasteiger partial charge in [-0.1, -0.05) is 5.21 Å². The first kappa shape index (κ1) is 13.3. The van der Waals surface area contributed by atoms with Gasteiger partial charge < -0.3 is 13.3 Å². The molecule has 0 saturated heterocycles. The molecule has 0 bridgehead atoms. The highest BCUT2D eigenvalue weighted by Gasteiger charge is 2.41. The van der Waals surface area contributed by atoms with Crippen molar-refractivity contribution in [2.24, 2.45) is 0 Å². The van der Waals surface area contributed by atoms with E-state index in [2.05, 4.69) is 15.4 Å². The average molecular weight is 245 g/mol. The largest absolute Gasteiger partial charge is 0.507 e. The Hall–Kier alpha value is -0.763. The molecule has 0 unspecified atom stereocenters. The van der Waals surface area contributed by atoms with Gasteiger partial charge in [-0.15, -0.1) is 5.10 Å². The summed E-state index contributed by atoms with van der Waals surface area (Å²) in [5.74, 6) is 0. The van der Waals surface area contributed by atoms with Crippen molar-refractivity contribution in [3.05, 3.63) is 11.9 Å². The van der Waals surface area contributed by atoms with Crippen LogP contribution in [-0.4, -0.2) is 44.0 Å². The van der Waals surface area contributed by atoms with E-state index in [9.17, 15) is 0 Å². The first-order chi connectivity index (χ1) is 7.76. The van der Waals surface area contributed by atoms with Gasteiger partial charge in [-0.2, -0.15) is 0 Å². The van der Waals surface area contributed by atoms with Crippen LogP contribution in [0, 0.1) is 0 Å². The molecule has 0 aromatic carbocycles. The predicted octanol–water partition coefficient (Wildman–Crippen LogP) is 0.935.